The molecule has 1 N–H and O–H groups in total. The van der Waals surface area contributed by atoms with Crippen molar-refractivity contribution in [2.45, 2.75) is 65.0 Å². The van der Waals surface area contributed by atoms with E-state index < -0.39 is 22.4 Å². The first-order valence-electron chi connectivity index (χ1n) is 12.7. The normalized spacial score (nSPS) is 30.9. The summed E-state index contributed by atoms with van der Waals surface area (Å²) < 4.78 is 11.4. The Balaban J connectivity index is 1.26. The van der Waals surface area contributed by atoms with Gasteiger partial charge in [0.25, 0.3) is 0 Å². The Bertz CT molecular complexity index is 1380. The van der Waals surface area contributed by atoms with E-state index in [9.17, 15) is 19.5 Å². The van der Waals surface area contributed by atoms with E-state index in [1.807, 2.05) is 39.0 Å². The molecule has 2 aliphatic heterocycles. The van der Waals surface area contributed by atoms with Crippen LogP contribution in [0, 0.1) is 16.7 Å². The monoisotopic (exact) mass is 502 g/mol. The highest BCUT2D eigenvalue weighted by Gasteiger charge is 2.76. The number of nitrogens with zero attached hydrogens (tertiary/aromatic N) is 2. The zero-order valence-corrected chi connectivity index (χ0v) is 21.4. The molecule has 0 unspecified atom stereocenters. The number of phenols is 1. The van der Waals surface area contributed by atoms with Gasteiger partial charge in [-0.1, -0.05) is 32.0 Å². The van der Waals surface area contributed by atoms with E-state index in [1.54, 1.807) is 24.3 Å². The molecule has 2 heterocycles. The molecule has 4 aliphatic rings. The molecule has 6 rings (SSSR count). The summed E-state index contributed by atoms with van der Waals surface area (Å²) in [6.45, 7) is 7.14. The van der Waals surface area contributed by atoms with Gasteiger partial charge in [0.1, 0.15) is 11.5 Å². The first-order chi connectivity index (χ1) is 17.5. The Hall–Kier alpha value is -3.68. The Morgan fingerprint density at radius 2 is 1.84 bits per heavy atom. The molecule has 4 atom stereocenters. The van der Waals surface area contributed by atoms with E-state index in [0.717, 1.165) is 35.2 Å². The summed E-state index contributed by atoms with van der Waals surface area (Å²) in [6, 6.07) is 12.1. The molecule has 2 fully saturated rings. The van der Waals surface area contributed by atoms with E-state index in [1.165, 1.54) is 11.9 Å². The SMILES string of the molecule is CC(=O)N1N=C2c3cc(O)ccc3CC[C@@H]2[C@@H]1c1ccc(OC(=O)[C@]23CC[C@@](C)(C(=O)O2)C3(C)C)cc1. The second-order valence-electron chi connectivity index (χ2n) is 11.4. The number of rotatable bonds is 3. The van der Waals surface area contributed by atoms with Gasteiger partial charge in [0.05, 0.1) is 17.2 Å². The molecule has 2 bridgehead atoms. The fraction of sp³-hybridized carbons (Fsp3) is 0.448. The van der Waals surface area contributed by atoms with Crippen LogP contribution in [0.25, 0.3) is 0 Å². The maximum atomic E-state index is 13.3. The Labute approximate surface area is 215 Å². The summed E-state index contributed by atoms with van der Waals surface area (Å²) in [4.78, 5) is 38.4. The van der Waals surface area contributed by atoms with Crippen molar-refractivity contribution in [3.05, 3.63) is 59.2 Å². The van der Waals surface area contributed by atoms with Crippen molar-refractivity contribution in [1.29, 1.82) is 0 Å². The maximum absolute atomic E-state index is 13.3. The van der Waals surface area contributed by atoms with Gasteiger partial charge >= 0.3 is 11.9 Å². The number of ether oxygens (including phenoxy) is 2. The summed E-state index contributed by atoms with van der Waals surface area (Å²) >= 11 is 0. The third-order valence-corrected chi connectivity index (χ3v) is 9.47. The first-order valence-corrected chi connectivity index (χ1v) is 12.7. The molecule has 1 saturated heterocycles. The lowest BCUT2D eigenvalue weighted by atomic mass is 9.66. The summed E-state index contributed by atoms with van der Waals surface area (Å²) in [6.07, 6.45) is 2.67. The molecule has 1 amide bonds. The molecule has 2 aromatic rings. The number of fused-ring (bicyclic) bond motifs is 5. The van der Waals surface area contributed by atoms with E-state index in [2.05, 4.69) is 5.10 Å². The number of carbonyl (C=O) groups excluding carboxylic acids is 3. The summed E-state index contributed by atoms with van der Waals surface area (Å²) in [5.41, 5.74) is 0.992. The summed E-state index contributed by atoms with van der Waals surface area (Å²) in [7, 11) is 0. The minimum atomic E-state index is -1.29. The quantitative estimate of drug-likeness (QED) is 0.496. The fourth-order valence-electron chi connectivity index (χ4n) is 6.72. The molecule has 0 radical (unpaired) electrons. The molecule has 8 heteroatoms. The molecule has 2 aliphatic carbocycles. The number of aromatic hydroxyl groups is 1. The average Bonchev–Trinajstić information content (AvgIpc) is 3.40. The van der Waals surface area contributed by atoms with Gasteiger partial charge in [0.2, 0.25) is 11.5 Å². The van der Waals surface area contributed by atoms with Gasteiger partial charge in [-0.15, -0.1) is 0 Å². The van der Waals surface area contributed by atoms with Crippen molar-refractivity contribution in [3.63, 3.8) is 0 Å². The molecule has 1 saturated carbocycles. The molecular formula is C29H30N2O6. The van der Waals surface area contributed by atoms with E-state index in [0.29, 0.717) is 18.6 Å². The van der Waals surface area contributed by atoms with Crippen molar-refractivity contribution in [2.75, 3.05) is 0 Å². The third kappa shape index (κ3) is 3.07. The number of hydrogen-bond acceptors (Lipinski definition) is 7. The maximum Gasteiger partial charge on any atom is 0.356 e. The number of aryl methyl sites for hydroxylation is 1. The number of benzene rings is 2. The smallest absolute Gasteiger partial charge is 0.356 e. The number of amides is 1. The van der Waals surface area contributed by atoms with Gasteiger partial charge in [0, 0.05) is 23.8 Å². The molecule has 2 aromatic carbocycles. The second kappa shape index (κ2) is 7.66. The number of carbonyl (C=O) groups is 3. The minimum Gasteiger partial charge on any atom is -0.508 e. The number of esters is 2. The lowest BCUT2D eigenvalue weighted by molar-refractivity contribution is -0.176. The molecule has 8 nitrogen and oxygen atoms in total. The Morgan fingerprint density at radius 1 is 1.11 bits per heavy atom. The van der Waals surface area contributed by atoms with E-state index in [4.69, 9.17) is 9.47 Å². The van der Waals surface area contributed by atoms with E-state index in [-0.39, 0.29) is 29.6 Å². The number of hydrogen-bond donors (Lipinski definition) is 1. The van der Waals surface area contributed by atoms with Crippen LogP contribution in [0.5, 0.6) is 11.5 Å². The van der Waals surface area contributed by atoms with Crippen LogP contribution in [-0.4, -0.2) is 39.3 Å². The highest BCUT2D eigenvalue weighted by atomic mass is 16.6. The van der Waals surface area contributed by atoms with Gasteiger partial charge in [-0.3, -0.25) is 9.59 Å². The summed E-state index contributed by atoms with van der Waals surface area (Å²) in [5, 5.41) is 16.2. The molecule has 0 spiro atoms. The molecule has 37 heavy (non-hydrogen) atoms. The van der Waals surface area contributed by atoms with E-state index >= 15 is 0 Å². The summed E-state index contributed by atoms with van der Waals surface area (Å²) in [5.74, 6) is -0.564. The predicted molar refractivity (Wildman–Crippen MR) is 134 cm³/mol. The van der Waals surface area contributed by atoms with Crippen molar-refractivity contribution in [2.24, 2.45) is 21.8 Å². The second-order valence-corrected chi connectivity index (χ2v) is 11.4. The topological polar surface area (TPSA) is 106 Å². The largest absolute Gasteiger partial charge is 0.508 e. The average molecular weight is 503 g/mol. The van der Waals surface area contributed by atoms with Crippen molar-refractivity contribution < 1.29 is 29.0 Å². The van der Waals surface area contributed by atoms with Crippen LogP contribution < -0.4 is 4.74 Å². The van der Waals surface area contributed by atoms with Gasteiger partial charge in [-0.05, 0) is 68.0 Å². The van der Waals surface area contributed by atoms with Gasteiger partial charge in [-0.25, -0.2) is 9.80 Å². The van der Waals surface area contributed by atoms with Crippen LogP contribution >= 0.6 is 0 Å². The lowest BCUT2D eigenvalue weighted by Crippen LogP contribution is -2.50. The number of phenolic OH excluding ortho intramolecular Hbond substituents is 1. The van der Waals surface area contributed by atoms with Crippen LogP contribution in [-0.2, 0) is 25.5 Å². The van der Waals surface area contributed by atoms with Crippen molar-refractivity contribution in [1.82, 2.24) is 5.01 Å². The van der Waals surface area contributed by atoms with Crippen LogP contribution in [0.3, 0.4) is 0 Å². The van der Waals surface area contributed by atoms with Crippen LogP contribution in [0.2, 0.25) is 0 Å². The molecular weight excluding hydrogens is 472 g/mol. The zero-order valence-electron chi connectivity index (χ0n) is 21.4. The minimum absolute atomic E-state index is 0.0136. The van der Waals surface area contributed by atoms with Gasteiger partial charge < -0.3 is 14.6 Å². The standard InChI is InChI=1S/C29H30N2O6/c1-16(32)31-24(21-12-8-17-5-9-19(33)15-22(17)23(21)30-31)18-6-10-20(11-7-18)36-26(35)29-14-13-28(4,25(34)37-29)27(29,2)3/h5-7,9-11,15,21,24,33H,8,12-14H2,1-4H3/t21-,24-,28-,29-/m0/s1. The Morgan fingerprint density at radius 3 is 2.46 bits per heavy atom. The van der Waals surface area contributed by atoms with Crippen LogP contribution in [0.4, 0.5) is 0 Å². The van der Waals surface area contributed by atoms with Crippen LogP contribution in [0.15, 0.2) is 47.6 Å². The van der Waals surface area contributed by atoms with Crippen LogP contribution in [0.1, 0.15) is 69.7 Å². The Kier molecular flexibility index (Phi) is 4.91. The van der Waals surface area contributed by atoms with Crippen molar-refractivity contribution in [3.8, 4) is 11.5 Å². The highest BCUT2D eigenvalue weighted by molar-refractivity contribution is 6.07. The van der Waals surface area contributed by atoms with Gasteiger partial charge in [-0.2, -0.15) is 5.10 Å². The molecule has 192 valence electrons. The first kappa shape index (κ1) is 23.7. The number of hydrazone groups is 1. The predicted octanol–water partition coefficient (Wildman–Crippen LogP) is 4.29. The van der Waals surface area contributed by atoms with Crippen molar-refractivity contribution >= 4 is 23.6 Å². The zero-order chi connectivity index (χ0) is 26.3. The highest BCUT2D eigenvalue weighted by Crippen LogP contribution is 2.65. The lowest BCUT2D eigenvalue weighted by Gasteiger charge is -2.34. The third-order valence-electron chi connectivity index (χ3n) is 9.47. The molecule has 0 aromatic heterocycles. The van der Waals surface area contributed by atoms with Gasteiger partial charge in [0.15, 0.2) is 0 Å². The fourth-order valence-corrected chi connectivity index (χ4v) is 6.72.